The van der Waals surface area contributed by atoms with Crippen LogP contribution in [0.2, 0.25) is 5.02 Å². The van der Waals surface area contributed by atoms with Crippen LogP contribution in [0.4, 0.5) is 0 Å². The highest BCUT2D eigenvalue weighted by Crippen LogP contribution is 2.34. The first-order chi connectivity index (χ1) is 16.5. The Morgan fingerprint density at radius 2 is 1.97 bits per heavy atom. The lowest BCUT2D eigenvalue weighted by Crippen LogP contribution is -2.40. The third-order valence-corrected chi connectivity index (χ3v) is 6.61. The van der Waals surface area contributed by atoms with Crippen molar-refractivity contribution in [2.24, 2.45) is 4.99 Å². The predicted octanol–water partition coefficient (Wildman–Crippen LogP) is 4.02. The zero-order chi connectivity index (χ0) is 24.2. The van der Waals surface area contributed by atoms with Gasteiger partial charge in [0.2, 0.25) is 0 Å². The van der Waals surface area contributed by atoms with E-state index in [4.69, 9.17) is 21.1 Å². The smallest absolute Gasteiger partial charge is 0.338 e. The van der Waals surface area contributed by atoms with Gasteiger partial charge in [0.05, 0.1) is 22.4 Å². The first-order valence-corrected chi connectivity index (χ1v) is 11.9. The van der Waals surface area contributed by atoms with Gasteiger partial charge in [-0.25, -0.2) is 9.79 Å². The minimum absolute atomic E-state index is 0.205. The van der Waals surface area contributed by atoms with Gasteiger partial charge < -0.3 is 9.47 Å². The highest BCUT2D eigenvalue weighted by molar-refractivity contribution is 7.07. The quantitative estimate of drug-likeness (QED) is 0.367. The summed E-state index contributed by atoms with van der Waals surface area (Å²) in [7, 11) is 0. The van der Waals surface area contributed by atoms with Crippen molar-refractivity contribution in [1.82, 2.24) is 4.57 Å². The molecule has 6 nitrogen and oxygen atoms in total. The van der Waals surface area contributed by atoms with Crippen molar-refractivity contribution in [2.45, 2.75) is 19.9 Å². The number of rotatable bonds is 7. The molecule has 0 aliphatic carbocycles. The number of thiazole rings is 1. The minimum Gasteiger partial charge on any atom is -0.489 e. The molecule has 0 bridgehead atoms. The van der Waals surface area contributed by atoms with Gasteiger partial charge in [0, 0.05) is 10.6 Å². The first-order valence-electron chi connectivity index (χ1n) is 10.7. The molecule has 4 rings (SSSR count). The van der Waals surface area contributed by atoms with Crippen molar-refractivity contribution in [3.63, 3.8) is 0 Å². The Morgan fingerprint density at radius 3 is 2.71 bits per heavy atom. The molecule has 2 heterocycles. The predicted molar refractivity (Wildman–Crippen MR) is 134 cm³/mol. The third kappa shape index (κ3) is 4.49. The van der Waals surface area contributed by atoms with E-state index in [9.17, 15) is 9.59 Å². The van der Waals surface area contributed by atoms with Crippen molar-refractivity contribution in [2.75, 3.05) is 13.2 Å². The second kappa shape index (κ2) is 10.2. The van der Waals surface area contributed by atoms with E-state index in [0.29, 0.717) is 43.5 Å². The van der Waals surface area contributed by atoms with Gasteiger partial charge in [-0.1, -0.05) is 72.0 Å². The van der Waals surface area contributed by atoms with Gasteiger partial charge in [-0.2, -0.15) is 0 Å². The van der Waals surface area contributed by atoms with Gasteiger partial charge in [0.1, 0.15) is 18.4 Å². The average molecular weight is 495 g/mol. The van der Waals surface area contributed by atoms with E-state index < -0.39 is 12.0 Å². The number of carbonyl (C=O) groups excluding carboxylic acids is 1. The number of aromatic nitrogens is 1. The number of allylic oxidation sites excluding steroid dienone is 1. The molecule has 0 radical (unpaired) electrons. The Balaban J connectivity index is 1.95. The number of nitrogens with zero attached hydrogens (tertiary/aromatic N) is 2. The summed E-state index contributed by atoms with van der Waals surface area (Å²) in [5, 5.41) is 0.446. The van der Waals surface area contributed by atoms with Gasteiger partial charge in [-0.05, 0) is 37.6 Å². The highest BCUT2D eigenvalue weighted by Gasteiger charge is 2.34. The Morgan fingerprint density at radius 1 is 1.24 bits per heavy atom. The van der Waals surface area contributed by atoms with Crippen LogP contribution in [0.5, 0.6) is 5.75 Å². The maximum Gasteiger partial charge on any atom is 0.338 e. The summed E-state index contributed by atoms with van der Waals surface area (Å²) in [6.45, 7) is 7.71. The minimum atomic E-state index is -0.751. The van der Waals surface area contributed by atoms with Crippen LogP contribution in [0, 0.1) is 0 Å². The normalized spacial score (nSPS) is 15.5. The van der Waals surface area contributed by atoms with Crippen LogP contribution >= 0.6 is 22.9 Å². The standard InChI is InChI=1S/C26H23ClN2O4S/c1-4-14-33-20-13-9-6-10-17(20)15-21-24(30)29-23(18-11-7-8-12-19(18)27)22(25(31)32-5-2)16(3)28-26(29)34-21/h4,6-13,15,23H,1,5,14H2,2-3H3/b21-15+/t23-/m0/s1. The zero-order valence-corrected chi connectivity index (χ0v) is 20.4. The SMILES string of the molecule is C=CCOc1ccccc1/C=c1/sc2n(c1=O)[C@@H](c1ccccc1Cl)C(C(=O)OCC)=C(C)N=2. The van der Waals surface area contributed by atoms with E-state index in [1.165, 1.54) is 15.9 Å². The maximum atomic E-state index is 13.7. The summed E-state index contributed by atoms with van der Waals surface area (Å²) < 4.78 is 13.0. The molecule has 0 N–H and O–H groups in total. The summed E-state index contributed by atoms with van der Waals surface area (Å²) in [5.41, 5.74) is 1.89. The fourth-order valence-electron chi connectivity index (χ4n) is 3.80. The summed E-state index contributed by atoms with van der Waals surface area (Å²) >= 11 is 7.77. The van der Waals surface area contributed by atoms with E-state index in [0.717, 1.165) is 5.56 Å². The number of hydrogen-bond acceptors (Lipinski definition) is 6. The number of fused-ring (bicyclic) bond motifs is 1. The lowest BCUT2D eigenvalue weighted by molar-refractivity contribution is -0.139. The number of ether oxygens (including phenoxy) is 2. The van der Waals surface area contributed by atoms with Crippen LogP contribution in [0.25, 0.3) is 6.08 Å². The Hall–Kier alpha value is -3.42. The van der Waals surface area contributed by atoms with Gasteiger partial charge >= 0.3 is 5.97 Å². The number of halogens is 1. The van der Waals surface area contributed by atoms with Crippen LogP contribution in [-0.4, -0.2) is 23.8 Å². The fraction of sp³-hybridized carbons (Fsp3) is 0.192. The molecule has 0 spiro atoms. The number of para-hydroxylation sites is 1. The molecule has 3 aromatic rings. The molecule has 2 aromatic carbocycles. The second-order valence-corrected chi connectivity index (χ2v) is 8.88. The zero-order valence-electron chi connectivity index (χ0n) is 18.8. The van der Waals surface area contributed by atoms with E-state index in [2.05, 4.69) is 11.6 Å². The van der Waals surface area contributed by atoms with E-state index in [1.54, 1.807) is 44.2 Å². The number of hydrogen-bond donors (Lipinski definition) is 0. The molecule has 1 aliphatic heterocycles. The monoisotopic (exact) mass is 494 g/mol. The second-order valence-electron chi connectivity index (χ2n) is 7.46. The first kappa shape index (κ1) is 23.7. The lowest BCUT2D eigenvalue weighted by Gasteiger charge is -2.25. The van der Waals surface area contributed by atoms with E-state index >= 15 is 0 Å². The van der Waals surface area contributed by atoms with Crippen LogP contribution in [0.1, 0.15) is 31.0 Å². The molecule has 174 valence electrons. The summed E-state index contributed by atoms with van der Waals surface area (Å²) in [6, 6.07) is 13.9. The summed E-state index contributed by atoms with van der Waals surface area (Å²) in [4.78, 5) is 31.7. The highest BCUT2D eigenvalue weighted by atomic mass is 35.5. The topological polar surface area (TPSA) is 69.9 Å². The van der Waals surface area contributed by atoms with Crippen LogP contribution in [-0.2, 0) is 9.53 Å². The van der Waals surface area contributed by atoms with Crippen molar-refractivity contribution < 1.29 is 14.3 Å². The van der Waals surface area contributed by atoms with Crippen molar-refractivity contribution >= 4 is 35.0 Å². The van der Waals surface area contributed by atoms with Gasteiger partial charge in [0.15, 0.2) is 4.80 Å². The fourth-order valence-corrected chi connectivity index (χ4v) is 5.08. The van der Waals surface area contributed by atoms with Crippen LogP contribution < -0.4 is 19.6 Å². The summed E-state index contributed by atoms with van der Waals surface area (Å²) in [5.74, 6) is 0.116. The van der Waals surface area contributed by atoms with Crippen molar-refractivity contribution in [3.8, 4) is 5.75 Å². The third-order valence-electron chi connectivity index (χ3n) is 5.28. The maximum absolute atomic E-state index is 13.7. The molecule has 0 fully saturated rings. The molecule has 0 amide bonds. The van der Waals surface area contributed by atoms with Crippen LogP contribution in [0.15, 0.2) is 82.2 Å². The molecular weight excluding hydrogens is 472 g/mol. The average Bonchev–Trinajstić information content (AvgIpc) is 3.12. The van der Waals surface area contributed by atoms with Gasteiger partial charge in [0.25, 0.3) is 5.56 Å². The lowest BCUT2D eigenvalue weighted by atomic mass is 9.96. The Labute approximate surface area is 205 Å². The van der Waals surface area contributed by atoms with Crippen molar-refractivity contribution in [3.05, 3.63) is 108 Å². The van der Waals surface area contributed by atoms with Crippen molar-refractivity contribution in [1.29, 1.82) is 0 Å². The number of benzene rings is 2. The molecule has 0 unspecified atom stereocenters. The number of esters is 1. The van der Waals surface area contributed by atoms with E-state index in [1.807, 2.05) is 30.3 Å². The summed E-state index contributed by atoms with van der Waals surface area (Å²) in [6.07, 6.45) is 3.43. The number of carbonyl (C=O) groups is 1. The molecule has 8 heteroatoms. The largest absolute Gasteiger partial charge is 0.489 e. The Bertz CT molecular complexity index is 1470. The van der Waals surface area contributed by atoms with Gasteiger partial charge in [-0.3, -0.25) is 9.36 Å². The van der Waals surface area contributed by atoms with Crippen LogP contribution in [0.3, 0.4) is 0 Å². The van der Waals surface area contributed by atoms with E-state index in [-0.39, 0.29) is 12.2 Å². The molecule has 0 saturated heterocycles. The molecule has 1 atom stereocenters. The Kier molecular flexibility index (Phi) is 7.14. The molecule has 1 aromatic heterocycles. The van der Waals surface area contributed by atoms with Gasteiger partial charge in [-0.15, -0.1) is 0 Å². The molecular formula is C26H23ClN2O4S. The molecule has 0 saturated carbocycles. The molecule has 34 heavy (non-hydrogen) atoms. The molecule has 1 aliphatic rings.